The Labute approximate surface area is 164 Å². The van der Waals surface area contributed by atoms with Crippen LogP contribution in [0.15, 0.2) is 84.9 Å². The Morgan fingerprint density at radius 3 is 1.56 bits per heavy atom. The number of rotatable bonds is 5. The number of allylic oxidation sites excluding steroid dienone is 1. The van der Waals surface area contributed by atoms with E-state index in [0.717, 1.165) is 19.4 Å². The lowest BCUT2D eigenvalue weighted by Gasteiger charge is -2.16. The molecule has 3 aromatic carbocycles. The van der Waals surface area contributed by atoms with Crippen molar-refractivity contribution >= 4 is 11.1 Å². The van der Waals surface area contributed by atoms with Crippen molar-refractivity contribution in [1.82, 2.24) is 0 Å². The van der Waals surface area contributed by atoms with Gasteiger partial charge in [0.15, 0.2) is 0 Å². The Morgan fingerprint density at radius 2 is 1.11 bits per heavy atom. The molecule has 0 aliphatic carbocycles. The van der Waals surface area contributed by atoms with E-state index in [1.165, 1.54) is 33.4 Å². The van der Waals surface area contributed by atoms with Crippen molar-refractivity contribution in [3.05, 3.63) is 107 Å². The van der Waals surface area contributed by atoms with E-state index in [9.17, 15) is 0 Å². The topological polar surface area (TPSA) is 26.0 Å². The van der Waals surface area contributed by atoms with Gasteiger partial charge in [-0.2, -0.15) is 0 Å². The van der Waals surface area contributed by atoms with Crippen LogP contribution in [0.4, 0.5) is 0 Å². The molecular weight excluding hydrogens is 326 g/mol. The zero-order valence-corrected chi connectivity index (χ0v) is 16.8. The fourth-order valence-electron chi connectivity index (χ4n) is 3.00. The first-order valence-electron chi connectivity index (χ1n) is 9.82. The normalized spacial score (nSPS) is 11.3. The lowest BCUT2D eigenvalue weighted by atomic mass is 9.88. The number of nitrogens with two attached hydrogens (primary N) is 1. The lowest BCUT2D eigenvalue weighted by Crippen LogP contribution is -1.95. The Bertz CT molecular complexity index is 813. The molecular formula is C26H31N. The zero-order valence-electron chi connectivity index (χ0n) is 16.8. The number of benzene rings is 3. The molecule has 0 atom stereocenters. The largest absolute Gasteiger partial charge is 0.330 e. The molecule has 3 aromatic rings. The molecule has 0 radical (unpaired) electrons. The summed E-state index contributed by atoms with van der Waals surface area (Å²) in [7, 11) is 0. The second kappa shape index (κ2) is 11.2. The molecule has 0 fully saturated rings. The summed E-state index contributed by atoms with van der Waals surface area (Å²) in [5, 5.41) is 0. The van der Waals surface area contributed by atoms with E-state index in [1.807, 2.05) is 0 Å². The fraction of sp³-hybridized carbons (Fsp3) is 0.231. The van der Waals surface area contributed by atoms with Gasteiger partial charge in [0.2, 0.25) is 0 Å². The molecule has 1 heteroatoms. The van der Waals surface area contributed by atoms with E-state index >= 15 is 0 Å². The van der Waals surface area contributed by atoms with Crippen LogP contribution in [0.5, 0.6) is 0 Å². The molecule has 3 rings (SSSR count). The minimum atomic E-state index is 0.819. The molecule has 0 spiro atoms. The molecule has 0 amide bonds. The van der Waals surface area contributed by atoms with Gasteiger partial charge in [0.05, 0.1) is 0 Å². The average Bonchev–Trinajstić information content (AvgIpc) is 2.74. The average molecular weight is 358 g/mol. The summed E-state index contributed by atoms with van der Waals surface area (Å²) in [4.78, 5) is 0. The molecule has 0 aromatic heterocycles. The van der Waals surface area contributed by atoms with E-state index < -0.39 is 0 Å². The summed E-state index contributed by atoms with van der Waals surface area (Å²) in [6, 6.07) is 30.3. The first-order chi connectivity index (χ1) is 13.2. The summed E-state index contributed by atoms with van der Waals surface area (Å²) < 4.78 is 0. The van der Waals surface area contributed by atoms with Crippen molar-refractivity contribution in [3.8, 4) is 0 Å². The predicted octanol–water partition coefficient (Wildman–Crippen LogP) is 6.72. The smallest absolute Gasteiger partial charge is 0.00735 e. The predicted molar refractivity (Wildman–Crippen MR) is 120 cm³/mol. The number of hydrogen-bond acceptors (Lipinski definition) is 1. The monoisotopic (exact) mass is 357 g/mol. The molecule has 0 saturated carbocycles. The highest BCUT2D eigenvalue weighted by atomic mass is 14.5. The Morgan fingerprint density at radius 1 is 0.667 bits per heavy atom. The van der Waals surface area contributed by atoms with Gasteiger partial charge in [-0.1, -0.05) is 104 Å². The first kappa shape index (κ1) is 20.7. The highest BCUT2D eigenvalue weighted by molar-refractivity contribution is 5.98. The second-order valence-corrected chi connectivity index (χ2v) is 6.59. The summed E-state index contributed by atoms with van der Waals surface area (Å²) in [6.45, 7) is 7.24. The third-order valence-electron chi connectivity index (χ3n) is 4.47. The maximum atomic E-state index is 5.03. The van der Waals surface area contributed by atoms with Gasteiger partial charge in [-0.3, -0.25) is 0 Å². The molecule has 0 saturated heterocycles. The van der Waals surface area contributed by atoms with E-state index in [0.29, 0.717) is 0 Å². The quantitative estimate of drug-likeness (QED) is 0.504. The van der Waals surface area contributed by atoms with E-state index in [-0.39, 0.29) is 0 Å². The highest BCUT2D eigenvalue weighted by Gasteiger charge is 2.12. The molecule has 27 heavy (non-hydrogen) atoms. The van der Waals surface area contributed by atoms with Crippen LogP contribution in [0, 0.1) is 6.92 Å². The highest BCUT2D eigenvalue weighted by Crippen LogP contribution is 2.34. The maximum absolute atomic E-state index is 5.03. The van der Waals surface area contributed by atoms with Crippen LogP contribution in [0.3, 0.4) is 0 Å². The third kappa shape index (κ3) is 5.94. The molecule has 2 N–H and O–H groups in total. The van der Waals surface area contributed by atoms with Crippen LogP contribution in [0.1, 0.15) is 48.9 Å². The minimum absolute atomic E-state index is 0.819. The van der Waals surface area contributed by atoms with Crippen molar-refractivity contribution in [2.45, 2.75) is 33.6 Å². The van der Waals surface area contributed by atoms with E-state index in [1.54, 1.807) is 0 Å². The van der Waals surface area contributed by atoms with Crippen LogP contribution < -0.4 is 5.73 Å². The van der Waals surface area contributed by atoms with Gasteiger partial charge < -0.3 is 5.73 Å². The van der Waals surface area contributed by atoms with Crippen molar-refractivity contribution < 1.29 is 0 Å². The van der Waals surface area contributed by atoms with Crippen molar-refractivity contribution in [3.63, 3.8) is 0 Å². The fourth-order valence-corrected chi connectivity index (χ4v) is 3.00. The summed E-state index contributed by atoms with van der Waals surface area (Å²) >= 11 is 0. The molecule has 0 aliphatic heterocycles. The standard InChI is InChI=1S/C23H22.C3H9N/c1-3-22(19-10-6-4-7-11-19)23(20-12-8-5-9-13-20)21-16-14-18(2)15-17-21;1-2-3-4/h4-17H,3H2,1-2H3;2-4H2,1H3/b23-22+;. The maximum Gasteiger partial charge on any atom is -0.00735 e. The van der Waals surface area contributed by atoms with Gasteiger partial charge in [-0.25, -0.2) is 0 Å². The minimum Gasteiger partial charge on any atom is -0.330 e. The van der Waals surface area contributed by atoms with Gasteiger partial charge in [-0.15, -0.1) is 0 Å². The van der Waals surface area contributed by atoms with Crippen molar-refractivity contribution in [1.29, 1.82) is 0 Å². The Balaban J connectivity index is 0.000000596. The SMILES string of the molecule is CC/C(=C(/c1ccccc1)c1ccc(C)cc1)c1ccccc1.CCCN. The number of aryl methyl sites for hydroxylation is 1. The van der Waals surface area contributed by atoms with E-state index in [2.05, 4.69) is 106 Å². The van der Waals surface area contributed by atoms with Gasteiger partial charge in [0.25, 0.3) is 0 Å². The molecule has 0 aliphatic rings. The summed E-state index contributed by atoms with van der Waals surface area (Å²) in [5.74, 6) is 0. The van der Waals surface area contributed by atoms with Gasteiger partial charge >= 0.3 is 0 Å². The summed E-state index contributed by atoms with van der Waals surface area (Å²) in [5.41, 5.74) is 12.9. The third-order valence-corrected chi connectivity index (χ3v) is 4.47. The molecule has 0 bridgehead atoms. The summed E-state index contributed by atoms with van der Waals surface area (Å²) in [6.07, 6.45) is 2.10. The lowest BCUT2D eigenvalue weighted by molar-refractivity contribution is 0.932. The van der Waals surface area contributed by atoms with Crippen molar-refractivity contribution in [2.24, 2.45) is 5.73 Å². The van der Waals surface area contributed by atoms with Crippen LogP contribution in [0.25, 0.3) is 11.1 Å². The molecule has 0 unspecified atom stereocenters. The molecule has 1 nitrogen and oxygen atoms in total. The molecule has 0 heterocycles. The number of hydrogen-bond donors (Lipinski definition) is 1. The second-order valence-electron chi connectivity index (χ2n) is 6.59. The Kier molecular flexibility index (Phi) is 8.54. The van der Waals surface area contributed by atoms with Gasteiger partial charge in [-0.05, 0) is 54.1 Å². The Hall–Kier alpha value is -2.64. The van der Waals surface area contributed by atoms with Gasteiger partial charge in [0, 0.05) is 0 Å². The van der Waals surface area contributed by atoms with Crippen LogP contribution in [0.2, 0.25) is 0 Å². The van der Waals surface area contributed by atoms with E-state index in [4.69, 9.17) is 5.73 Å². The first-order valence-corrected chi connectivity index (χ1v) is 9.82. The van der Waals surface area contributed by atoms with Crippen LogP contribution in [-0.2, 0) is 0 Å². The van der Waals surface area contributed by atoms with Crippen molar-refractivity contribution in [2.75, 3.05) is 6.54 Å². The van der Waals surface area contributed by atoms with Crippen LogP contribution >= 0.6 is 0 Å². The van der Waals surface area contributed by atoms with Gasteiger partial charge in [0.1, 0.15) is 0 Å². The van der Waals surface area contributed by atoms with Crippen LogP contribution in [-0.4, -0.2) is 6.54 Å². The zero-order chi connectivity index (χ0) is 19.5. The molecule has 140 valence electrons.